The van der Waals surface area contributed by atoms with Crippen molar-refractivity contribution in [2.45, 2.75) is 39.3 Å². The highest BCUT2D eigenvalue weighted by Crippen LogP contribution is 2.01. The molecule has 1 rings (SSSR count). The van der Waals surface area contributed by atoms with Crippen LogP contribution in [0.4, 0.5) is 5.82 Å². The molecular formula is C11H17N3O3. The molecule has 0 aliphatic rings. The monoisotopic (exact) mass is 239 g/mol. The minimum atomic E-state index is -0.986. The van der Waals surface area contributed by atoms with Gasteiger partial charge in [-0.05, 0) is 12.8 Å². The Morgan fingerprint density at radius 2 is 2.29 bits per heavy atom. The smallest absolute Gasteiger partial charge is 0.326 e. The topological polar surface area (TPSA) is 84.2 Å². The molecule has 0 bridgehead atoms. The lowest BCUT2D eigenvalue weighted by Crippen LogP contribution is -2.33. The number of anilines is 1. The average molecular weight is 239 g/mol. The van der Waals surface area contributed by atoms with E-state index in [0.29, 0.717) is 13.0 Å². The van der Waals surface area contributed by atoms with Crippen LogP contribution in [-0.2, 0) is 11.3 Å². The fourth-order valence-corrected chi connectivity index (χ4v) is 1.47. The Hall–Kier alpha value is -1.85. The van der Waals surface area contributed by atoms with Crippen LogP contribution in [0.25, 0.3) is 0 Å². The van der Waals surface area contributed by atoms with E-state index in [1.165, 1.54) is 10.8 Å². The summed E-state index contributed by atoms with van der Waals surface area (Å²) < 4.78 is 1.52. The Bertz CT molecular complexity index is 442. The number of nitrogens with zero attached hydrogens (tertiary/aromatic N) is 2. The largest absolute Gasteiger partial charge is 0.480 e. The van der Waals surface area contributed by atoms with Gasteiger partial charge in [-0.25, -0.2) is 9.78 Å². The molecule has 17 heavy (non-hydrogen) atoms. The highest BCUT2D eigenvalue weighted by molar-refractivity contribution is 5.76. The summed E-state index contributed by atoms with van der Waals surface area (Å²) >= 11 is 0. The molecule has 0 aliphatic heterocycles. The lowest BCUT2D eigenvalue weighted by molar-refractivity contribution is -0.137. The van der Waals surface area contributed by atoms with Crippen LogP contribution in [0.1, 0.15) is 26.7 Å². The number of aryl methyl sites for hydroxylation is 1. The average Bonchev–Trinajstić information content (AvgIpc) is 2.30. The fraction of sp³-hybridized carbons (Fsp3) is 0.545. The minimum absolute atomic E-state index is 0.0928. The predicted molar refractivity (Wildman–Crippen MR) is 64.1 cm³/mol. The van der Waals surface area contributed by atoms with Gasteiger partial charge in [-0.1, -0.05) is 13.8 Å². The molecular weight excluding hydrogens is 222 g/mol. The fourth-order valence-electron chi connectivity index (χ4n) is 1.47. The van der Waals surface area contributed by atoms with E-state index in [-0.39, 0.29) is 11.4 Å². The summed E-state index contributed by atoms with van der Waals surface area (Å²) in [6, 6.07) is -0.785. The molecule has 0 aromatic carbocycles. The van der Waals surface area contributed by atoms with Crippen LogP contribution in [-0.4, -0.2) is 26.7 Å². The molecule has 0 aliphatic carbocycles. The SMILES string of the molecule is CCCn1ccnc(NC(CC)C(=O)O)c1=O. The van der Waals surface area contributed by atoms with Gasteiger partial charge >= 0.3 is 5.97 Å². The Kier molecular flexibility index (Phi) is 4.68. The van der Waals surface area contributed by atoms with E-state index in [2.05, 4.69) is 10.3 Å². The minimum Gasteiger partial charge on any atom is -0.480 e. The number of aromatic nitrogens is 2. The first kappa shape index (κ1) is 13.2. The molecule has 6 heteroatoms. The van der Waals surface area contributed by atoms with E-state index < -0.39 is 12.0 Å². The normalized spacial score (nSPS) is 12.1. The van der Waals surface area contributed by atoms with Crippen LogP contribution in [0.5, 0.6) is 0 Å². The molecule has 6 nitrogen and oxygen atoms in total. The van der Waals surface area contributed by atoms with Crippen molar-refractivity contribution in [2.75, 3.05) is 5.32 Å². The van der Waals surface area contributed by atoms with E-state index in [0.717, 1.165) is 6.42 Å². The highest BCUT2D eigenvalue weighted by atomic mass is 16.4. The van der Waals surface area contributed by atoms with Crippen molar-refractivity contribution in [2.24, 2.45) is 0 Å². The highest BCUT2D eigenvalue weighted by Gasteiger charge is 2.17. The Morgan fingerprint density at radius 1 is 1.59 bits per heavy atom. The van der Waals surface area contributed by atoms with E-state index in [1.54, 1.807) is 13.1 Å². The van der Waals surface area contributed by atoms with Crippen molar-refractivity contribution in [3.05, 3.63) is 22.7 Å². The Balaban J connectivity index is 2.95. The molecule has 2 N–H and O–H groups in total. The molecule has 0 fully saturated rings. The number of carboxylic acid groups (broad SMARTS) is 1. The van der Waals surface area contributed by atoms with Gasteiger partial charge in [0, 0.05) is 18.9 Å². The van der Waals surface area contributed by atoms with Gasteiger partial charge in [0.15, 0.2) is 5.82 Å². The maximum atomic E-state index is 11.9. The Labute approximate surface area is 99.3 Å². The van der Waals surface area contributed by atoms with Crippen molar-refractivity contribution in [3.63, 3.8) is 0 Å². The van der Waals surface area contributed by atoms with Crippen molar-refractivity contribution >= 4 is 11.8 Å². The molecule has 0 spiro atoms. The molecule has 1 aromatic heterocycles. The van der Waals surface area contributed by atoms with Crippen LogP contribution in [0.2, 0.25) is 0 Å². The number of carbonyl (C=O) groups is 1. The van der Waals surface area contributed by atoms with Gasteiger partial charge in [0.2, 0.25) is 0 Å². The van der Waals surface area contributed by atoms with Gasteiger partial charge in [0.25, 0.3) is 5.56 Å². The molecule has 0 amide bonds. The van der Waals surface area contributed by atoms with Crippen LogP contribution in [0, 0.1) is 0 Å². The maximum Gasteiger partial charge on any atom is 0.326 e. The third-order valence-electron chi connectivity index (χ3n) is 2.40. The summed E-state index contributed by atoms with van der Waals surface area (Å²) in [6.45, 7) is 4.30. The van der Waals surface area contributed by atoms with Gasteiger partial charge in [0.05, 0.1) is 0 Å². The summed E-state index contributed by atoms with van der Waals surface area (Å²) in [5, 5.41) is 11.6. The number of aliphatic carboxylic acids is 1. The van der Waals surface area contributed by atoms with Gasteiger partial charge in [0.1, 0.15) is 6.04 Å². The number of nitrogens with one attached hydrogen (secondary N) is 1. The second kappa shape index (κ2) is 6.03. The zero-order valence-corrected chi connectivity index (χ0v) is 10.0. The predicted octanol–water partition coefficient (Wildman–Crippen LogP) is 0.928. The van der Waals surface area contributed by atoms with Crippen molar-refractivity contribution in [3.8, 4) is 0 Å². The molecule has 1 atom stereocenters. The maximum absolute atomic E-state index is 11.9. The van der Waals surface area contributed by atoms with Gasteiger partial charge in [-0.15, -0.1) is 0 Å². The van der Waals surface area contributed by atoms with Crippen molar-refractivity contribution in [1.29, 1.82) is 0 Å². The number of hydrogen-bond acceptors (Lipinski definition) is 4. The summed E-state index contributed by atoms with van der Waals surface area (Å²) in [5.41, 5.74) is -0.283. The first-order chi connectivity index (χ1) is 8.10. The summed E-state index contributed by atoms with van der Waals surface area (Å²) in [5.74, 6) is -0.894. The number of carboxylic acids is 1. The molecule has 0 saturated carbocycles. The zero-order valence-electron chi connectivity index (χ0n) is 10.0. The lowest BCUT2D eigenvalue weighted by Gasteiger charge is -2.13. The molecule has 0 radical (unpaired) electrons. The van der Waals surface area contributed by atoms with E-state index >= 15 is 0 Å². The second-order valence-corrected chi connectivity index (χ2v) is 3.72. The second-order valence-electron chi connectivity index (χ2n) is 3.72. The molecule has 94 valence electrons. The first-order valence-electron chi connectivity index (χ1n) is 5.64. The zero-order chi connectivity index (χ0) is 12.8. The molecule has 1 heterocycles. The van der Waals surface area contributed by atoms with E-state index in [9.17, 15) is 9.59 Å². The molecule has 1 aromatic rings. The summed E-state index contributed by atoms with van der Waals surface area (Å²) in [7, 11) is 0. The van der Waals surface area contributed by atoms with Crippen molar-refractivity contribution in [1.82, 2.24) is 9.55 Å². The standard InChI is InChI=1S/C11H17N3O3/c1-3-6-14-7-5-12-9(10(14)15)13-8(4-2)11(16)17/h5,7-8H,3-4,6H2,1-2H3,(H,12,13)(H,16,17). The third kappa shape index (κ3) is 3.30. The van der Waals surface area contributed by atoms with Crippen LogP contribution in [0.15, 0.2) is 17.2 Å². The van der Waals surface area contributed by atoms with Crippen LogP contribution < -0.4 is 10.9 Å². The number of hydrogen-bond donors (Lipinski definition) is 2. The van der Waals surface area contributed by atoms with Crippen LogP contribution in [0.3, 0.4) is 0 Å². The third-order valence-corrected chi connectivity index (χ3v) is 2.40. The van der Waals surface area contributed by atoms with Gasteiger partial charge in [-0.3, -0.25) is 4.79 Å². The molecule has 1 unspecified atom stereocenters. The Morgan fingerprint density at radius 3 is 2.82 bits per heavy atom. The van der Waals surface area contributed by atoms with E-state index in [1.807, 2.05) is 6.92 Å². The summed E-state index contributed by atoms with van der Waals surface area (Å²) in [6.07, 6.45) is 4.31. The van der Waals surface area contributed by atoms with Crippen LogP contribution >= 0.6 is 0 Å². The quantitative estimate of drug-likeness (QED) is 0.771. The van der Waals surface area contributed by atoms with Gasteiger partial charge in [-0.2, -0.15) is 0 Å². The lowest BCUT2D eigenvalue weighted by atomic mass is 10.2. The number of rotatable bonds is 6. The molecule has 0 saturated heterocycles. The first-order valence-corrected chi connectivity index (χ1v) is 5.64. The van der Waals surface area contributed by atoms with Gasteiger partial charge < -0.3 is 15.0 Å². The van der Waals surface area contributed by atoms with E-state index in [4.69, 9.17) is 5.11 Å². The van der Waals surface area contributed by atoms with Crippen molar-refractivity contribution < 1.29 is 9.90 Å². The summed E-state index contributed by atoms with van der Waals surface area (Å²) in [4.78, 5) is 26.6.